The van der Waals surface area contributed by atoms with Crippen molar-refractivity contribution >= 4 is 48.3 Å². The Morgan fingerprint density at radius 2 is 0.889 bits per heavy atom. The van der Waals surface area contributed by atoms with Crippen molar-refractivity contribution in [1.29, 1.82) is 0 Å². The van der Waals surface area contributed by atoms with Crippen LogP contribution in [0, 0.1) is 0 Å². The molecule has 2 N–H and O–H groups in total. The minimum Gasteiger partial charge on any atom is -0.488 e. The van der Waals surface area contributed by atoms with Gasteiger partial charge in [0.25, 0.3) is 0 Å². The van der Waals surface area contributed by atoms with Gasteiger partial charge in [-0.05, 0) is 88.1 Å². The maximum Gasteiger partial charge on any atom is 0.341 e. The van der Waals surface area contributed by atoms with E-state index in [0.29, 0.717) is 35.5 Å². The fourth-order valence-corrected chi connectivity index (χ4v) is 5.31. The van der Waals surface area contributed by atoms with Gasteiger partial charge in [-0.3, -0.25) is 9.59 Å². The van der Waals surface area contributed by atoms with E-state index in [1.54, 1.807) is 24.3 Å². The number of ketones is 2. The molecule has 4 aromatic rings. The molecule has 0 unspecified atom stereocenters. The third-order valence-corrected chi connectivity index (χ3v) is 8.72. The number of Topliss-reactive ketones (excluding diaryl/α,β-unsaturated/α-hetero) is 2. The number of carbonyl (C=O) groups is 4. The SMILES string of the molecule is COC(=O)c1cc(C(=O)CNC(C)(C)CCC(C)(C)NCC(=O)c2ccc(OCc3ccccc3)c(C(=O)OC)c2)ccc1OCc1ccccc1.Cl.Cl. The highest BCUT2D eigenvalue weighted by Gasteiger charge is 2.26. The second-order valence-corrected chi connectivity index (χ2v) is 13.8. The maximum absolute atomic E-state index is 13.2. The lowest BCUT2D eigenvalue weighted by atomic mass is 9.89. The van der Waals surface area contributed by atoms with E-state index in [9.17, 15) is 19.2 Å². The first-order valence-electron chi connectivity index (χ1n) is 17.2. The average molecular weight is 782 g/mol. The molecule has 0 aliphatic heterocycles. The highest BCUT2D eigenvalue weighted by atomic mass is 35.5. The van der Waals surface area contributed by atoms with E-state index in [4.69, 9.17) is 18.9 Å². The van der Waals surface area contributed by atoms with E-state index in [0.717, 1.165) is 11.1 Å². The zero-order valence-corrected chi connectivity index (χ0v) is 33.2. The van der Waals surface area contributed by atoms with Gasteiger partial charge in [-0.15, -0.1) is 24.8 Å². The van der Waals surface area contributed by atoms with Crippen LogP contribution < -0.4 is 20.1 Å². The molecule has 4 rings (SSSR count). The Labute approximate surface area is 330 Å². The van der Waals surface area contributed by atoms with Crippen molar-refractivity contribution in [3.8, 4) is 11.5 Å². The molecule has 0 saturated carbocycles. The fraction of sp³-hybridized carbons (Fsp3) is 0.333. The van der Waals surface area contributed by atoms with Crippen molar-refractivity contribution in [2.75, 3.05) is 27.3 Å². The summed E-state index contributed by atoms with van der Waals surface area (Å²) in [6.07, 6.45) is 1.38. The smallest absolute Gasteiger partial charge is 0.341 e. The highest BCUT2D eigenvalue weighted by molar-refractivity contribution is 6.02. The summed E-state index contributed by atoms with van der Waals surface area (Å²) in [5.41, 5.74) is 2.13. The average Bonchev–Trinajstić information content (AvgIpc) is 3.16. The number of nitrogens with one attached hydrogen (secondary N) is 2. The van der Waals surface area contributed by atoms with Gasteiger partial charge in [0.1, 0.15) is 35.8 Å². The zero-order valence-electron chi connectivity index (χ0n) is 31.6. The van der Waals surface area contributed by atoms with E-state index in [2.05, 4.69) is 10.6 Å². The largest absolute Gasteiger partial charge is 0.488 e. The summed E-state index contributed by atoms with van der Waals surface area (Å²) >= 11 is 0. The third kappa shape index (κ3) is 13.6. The Bertz CT molecular complexity index is 1720. The van der Waals surface area contributed by atoms with Gasteiger partial charge >= 0.3 is 11.9 Å². The van der Waals surface area contributed by atoms with Crippen molar-refractivity contribution < 1.29 is 38.1 Å². The molecule has 0 heterocycles. The van der Waals surface area contributed by atoms with Crippen molar-refractivity contribution in [2.24, 2.45) is 0 Å². The van der Waals surface area contributed by atoms with Gasteiger partial charge in [0.15, 0.2) is 11.6 Å². The molecule has 0 atom stereocenters. The first kappa shape index (κ1) is 45.4. The van der Waals surface area contributed by atoms with Crippen LogP contribution in [0.5, 0.6) is 11.5 Å². The van der Waals surface area contributed by atoms with Crippen LogP contribution >= 0.6 is 24.8 Å². The molecule has 0 bridgehead atoms. The van der Waals surface area contributed by atoms with Crippen LogP contribution in [0.4, 0.5) is 0 Å². The number of hydrogen-bond acceptors (Lipinski definition) is 10. The molecular weight excluding hydrogens is 731 g/mol. The predicted molar refractivity (Wildman–Crippen MR) is 214 cm³/mol. The highest BCUT2D eigenvalue weighted by Crippen LogP contribution is 2.25. The molecule has 0 saturated heterocycles. The van der Waals surface area contributed by atoms with Crippen LogP contribution in [0.25, 0.3) is 0 Å². The number of benzene rings is 4. The van der Waals surface area contributed by atoms with E-state index < -0.39 is 23.0 Å². The Kier molecular flexibility index (Phi) is 17.9. The third-order valence-electron chi connectivity index (χ3n) is 8.72. The molecule has 0 aliphatic rings. The topological polar surface area (TPSA) is 129 Å². The van der Waals surface area contributed by atoms with Crippen molar-refractivity contribution in [2.45, 2.75) is 64.8 Å². The molecule has 0 aromatic heterocycles. The van der Waals surface area contributed by atoms with Gasteiger partial charge in [0.05, 0.1) is 27.3 Å². The van der Waals surface area contributed by atoms with E-state index in [-0.39, 0.29) is 73.8 Å². The first-order valence-corrected chi connectivity index (χ1v) is 17.2. The monoisotopic (exact) mass is 780 g/mol. The number of hydrogen-bond donors (Lipinski definition) is 2. The summed E-state index contributed by atoms with van der Waals surface area (Å²) < 4.78 is 21.7. The fourth-order valence-electron chi connectivity index (χ4n) is 5.31. The summed E-state index contributed by atoms with van der Waals surface area (Å²) in [6.45, 7) is 8.68. The quantitative estimate of drug-likeness (QED) is 0.0717. The van der Waals surface area contributed by atoms with Gasteiger partial charge in [-0.25, -0.2) is 9.59 Å². The molecule has 0 radical (unpaired) electrons. The lowest BCUT2D eigenvalue weighted by Gasteiger charge is -2.32. The van der Waals surface area contributed by atoms with Crippen molar-refractivity contribution in [1.82, 2.24) is 10.6 Å². The van der Waals surface area contributed by atoms with Crippen LogP contribution in [0.15, 0.2) is 97.1 Å². The van der Waals surface area contributed by atoms with Gasteiger partial charge in [0, 0.05) is 22.2 Å². The molecule has 0 amide bonds. The van der Waals surface area contributed by atoms with Gasteiger partial charge in [0.2, 0.25) is 0 Å². The Balaban J connectivity index is 0.00000504. The van der Waals surface area contributed by atoms with E-state index >= 15 is 0 Å². The summed E-state index contributed by atoms with van der Waals surface area (Å²) in [5, 5.41) is 6.69. The number of esters is 2. The first-order chi connectivity index (χ1) is 24.8. The number of methoxy groups -OCH3 is 2. The summed E-state index contributed by atoms with van der Waals surface area (Å²) in [6, 6.07) is 28.7. The second kappa shape index (κ2) is 21.2. The van der Waals surface area contributed by atoms with Gasteiger partial charge in [-0.1, -0.05) is 60.7 Å². The molecule has 0 fully saturated rings. The van der Waals surface area contributed by atoms with Crippen molar-refractivity contribution in [3.63, 3.8) is 0 Å². The second-order valence-electron chi connectivity index (χ2n) is 13.8. The van der Waals surface area contributed by atoms with Crippen molar-refractivity contribution in [3.05, 3.63) is 130 Å². The van der Waals surface area contributed by atoms with E-state index in [1.165, 1.54) is 26.4 Å². The molecule has 290 valence electrons. The van der Waals surface area contributed by atoms with Gasteiger partial charge < -0.3 is 29.6 Å². The molecule has 10 nitrogen and oxygen atoms in total. The zero-order chi connectivity index (χ0) is 37.7. The standard InChI is InChI=1S/C42H48N2O8.2ClH/c1-41(2,43-25-35(45)31-17-19-37(33(23-31)39(47)49-5)51-27-29-13-9-7-10-14-29)21-22-42(3,4)44-26-36(46)32-18-20-38(34(24-32)40(48)50-6)52-28-30-15-11-8-12-16-30;;/h7-20,23-24,43-44H,21-22,25-28H2,1-6H3;2*1H. The summed E-state index contributed by atoms with van der Waals surface area (Å²) in [7, 11) is 2.58. The summed E-state index contributed by atoms with van der Waals surface area (Å²) in [5.74, 6) is -0.872. The van der Waals surface area contributed by atoms with Crippen LogP contribution in [0.1, 0.15) is 93.1 Å². The van der Waals surface area contributed by atoms with Gasteiger partial charge in [-0.2, -0.15) is 0 Å². The van der Waals surface area contributed by atoms with E-state index in [1.807, 2.05) is 88.4 Å². The predicted octanol–water partition coefficient (Wildman–Crippen LogP) is 7.84. The Morgan fingerprint density at radius 3 is 1.22 bits per heavy atom. The molecule has 12 heteroatoms. The molecular formula is C42H50Cl2N2O8. The Morgan fingerprint density at radius 1 is 0.537 bits per heavy atom. The van der Waals surface area contributed by atoms with Crippen LogP contribution in [0.3, 0.4) is 0 Å². The number of carbonyl (C=O) groups excluding carboxylic acids is 4. The van der Waals surface area contributed by atoms with Crippen LogP contribution in [-0.2, 0) is 22.7 Å². The lowest BCUT2D eigenvalue weighted by Crippen LogP contribution is -2.47. The number of rotatable bonds is 19. The van der Waals surface area contributed by atoms with Crippen LogP contribution in [-0.4, -0.2) is 61.9 Å². The maximum atomic E-state index is 13.2. The number of halogens is 2. The summed E-state index contributed by atoms with van der Waals surface area (Å²) in [4.78, 5) is 51.5. The van der Waals surface area contributed by atoms with Crippen LogP contribution in [0.2, 0.25) is 0 Å². The molecule has 0 aliphatic carbocycles. The molecule has 54 heavy (non-hydrogen) atoms. The molecule has 0 spiro atoms. The number of ether oxygens (including phenoxy) is 4. The Hall–Kier alpha value is -4.74. The minimum absolute atomic E-state index is 0. The minimum atomic E-state index is -0.590. The molecule has 4 aromatic carbocycles. The lowest BCUT2D eigenvalue weighted by molar-refractivity contribution is 0.0586. The normalized spacial score (nSPS) is 11.0.